The van der Waals surface area contributed by atoms with Crippen molar-refractivity contribution in [2.24, 2.45) is 0 Å². The van der Waals surface area contributed by atoms with Crippen LogP contribution in [0.2, 0.25) is 0 Å². The summed E-state index contributed by atoms with van der Waals surface area (Å²) in [6, 6.07) is 31.0. The lowest BCUT2D eigenvalue weighted by Crippen LogP contribution is -2.34. The molecule has 0 spiro atoms. The maximum absolute atomic E-state index is 6.72. The first-order chi connectivity index (χ1) is 23.9. The molecule has 0 amide bonds. The van der Waals surface area contributed by atoms with Gasteiger partial charge < -0.3 is 47.4 Å². The normalized spacial score (nSPS) is 11.7. The van der Waals surface area contributed by atoms with Gasteiger partial charge in [-0.3, -0.25) is 0 Å². The lowest BCUT2D eigenvalue weighted by atomic mass is 9.80. The van der Waals surface area contributed by atoms with Crippen LogP contribution in [0.1, 0.15) is 16.7 Å². The standard InChI is InChI=1S/C38H54O10/c1-39-17-18-40-19-20-41-21-22-42-23-24-43-25-26-44-27-28-45-29-30-46-31-32-47-33-34-48-38(35-11-5-2-6-12-35,36-13-7-3-8-14-36)37-15-9-4-10-16-37/h2-16H,17-34H2,1H3. The number of benzene rings is 3. The summed E-state index contributed by atoms with van der Waals surface area (Å²) in [5.41, 5.74) is 2.46. The Morgan fingerprint density at radius 3 is 0.792 bits per heavy atom. The van der Waals surface area contributed by atoms with Crippen molar-refractivity contribution in [2.75, 3.05) is 126 Å². The summed E-state index contributed by atoms with van der Waals surface area (Å²) in [6.07, 6.45) is 0. The minimum absolute atomic E-state index is 0.420. The maximum Gasteiger partial charge on any atom is 0.143 e. The number of hydrogen-bond acceptors (Lipinski definition) is 10. The number of methoxy groups -OCH3 is 1. The monoisotopic (exact) mass is 670 g/mol. The van der Waals surface area contributed by atoms with Crippen LogP contribution in [0.5, 0.6) is 0 Å². The smallest absolute Gasteiger partial charge is 0.143 e. The average Bonchev–Trinajstić information content (AvgIpc) is 3.14. The second kappa shape index (κ2) is 27.1. The highest BCUT2D eigenvalue weighted by molar-refractivity contribution is 5.47. The van der Waals surface area contributed by atoms with Gasteiger partial charge in [-0.05, 0) is 16.7 Å². The van der Waals surface area contributed by atoms with Gasteiger partial charge >= 0.3 is 0 Å². The lowest BCUT2D eigenvalue weighted by molar-refractivity contribution is -0.0398. The van der Waals surface area contributed by atoms with Crippen LogP contribution < -0.4 is 0 Å². The average molecular weight is 671 g/mol. The molecule has 0 N–H and O–H groups in total. The summed E-state index contributed by atoms with van der Waals surface area (Å²) in [4.78, 5) is 0. The fourth-order valence-electron chi connectivity index (χ4n) is 4.81. The van der Waals surface area contributed by atoms with E-state index in [2.05, 4.69) is 36.4 Å². The van der Waals surface area contributed by atoms with Gasteiger partial charge in [-0.25, -0.2) is 0 Å². The molecular formula is C38H54O10. The molecule has 10 heteroatoms. The third kappa shape index (κ3) is 16.1. The van der Waals surface area contributed by atoms with E-state index in [4.69, 9.17) is 47.4 Å². The van der Waals surface area contributed by atoms with Gasteiger partial charge in [-0.1, -0.05) is 91.0 Å². The summed E-state index contributed by atoms with van der Waals surface area (Å²) >= 11 is 0. The molecule has 3 rings (SSSR count). The minimum atomic E-state index is -0.746. The van der Waals surface area contributed by atoms with E-state index in [0.717, 1.165) is 16.7 Å². The molecule has 266 valence electrons. The van der Waals surface area contributed by atoms with Gasteiger partial charge in [-0.2, -0.15) is 0 Å². The zero-order valence-electron chi connectivity index (χ0n) is 28.5. The van der Waals surface area contributed by atoms with Crippen molar-refractivity contribution >= 4 is 0 Å². The van der Waals surface area contributed by atoms with Gasteiger partial charge in [0.1, 0.15) is 5.60 Å². The molecule has 0 saturated heterocycles. The van der Waals surface area contributed by atoms with Crippen molar-refractivity contribution in [2.45, 2.75) is 5.60 Å². The Kier molecular flexibility index (Phi) is 22.4. The molecule has 10 nitrogen and oxygen atoms in total. The van der Waals surface area contributed by atoms with E-state index in [1.807, 2.05) is 54.6 Å². The van der Waals surface area contributed by atoms with Crippen LogP contribution in [0.25, 0.3) is 0 Å². The van der Waals surface area contributed by atoms with Crippen LogP contribution in [-0.4, -0.2) is 126 Å². The van der Waals surface area contributed by atoms with E-state index in [0.29, 0.717) is 119 Å². The highest BCUT2D eigenvalue weighted by Gasteiger charge is 2.37. The zero-order chi connectivity index (χ0) is 33.6. The lowest BCUT2D eigenvalue weighted by Gasteiger charge is -2.36. The fourth-order valence-corrected chi connectivity index (χ4v) is 4.81. The van der Waals surface area contributed by atoms with E-state index in [-0.39, 0.29) is 0 Å². The highest BCUT2D eigenvalue weighted by atomic mass is 16.6. The Morgan fingerprint density at radius 2 is 0.542 bits per heavy atom. The molecule has 0 saturated carbocycles. The quantitative estimate of drug-likeness (QED) is 0.0704. The van der Waals surface area contributed by atoms with E-state index in [9.17, 15) is 0 Å². The Balaban J connectivity index is 1.14. The summed E-state index contributed by atoms with van der Waals surface area (Å²) in [7, 11) is 1.65. The van der Waals surface area contributed by atoms with Crippen molar-refractivity contribution < 1.29 is 47.4 Å². The number of ether oxygens (including phenoxy) is 10. The fraction of sp³-hybridized carbons (Fsp3) is 0.526. The van der Waals surface area contributed by atoms with Gasteiger partial charge in [0, 0.05) is 7.11 Å². The van der Waals surface area contributed by atoms with Crippen molar-refractivity contribution in [3.63, 3.8) is 0 Å². The predicted molar refractivity (Wildman–Crippen MR) is 184 cm³/mol. The summed E-state index contributed by atoms with van der Waals surface area (Å²) in [6.45, 7) is 9.24. The molecule has 0 aliphatic carbocycles. The predicted octanol–water partition coefficient (Wildman–Crippen LogP) is 4.77. The number of hydrogen-bond donors (Lipinski definition) is 0. The van der Waals surface area contributed by atoms with E-state index >= 15 is 0 Å². The first-order valence-electron chi connectivity index (χ1n) is 16.8. The first kappa shape index (κ1) is 39.7. The summed E-state index contributed by atoms with van der Waals surface area (Å²) in [5.74, 6) is 0. The third-order valence-corrected chi connectivity index (χ3v) is 7.12. The SMILES string of the molecule is COCCOCCOCCOCCOCCOCCOCCOCCOCCOC(c1ccccc1)(c1ccccc1)c1ccccc1. The Bertz CT molecular complexity index is 1020. The van der Waals surface area contributed by atoms with E-state index in [1.54, 1.807) is 7.11 Å². The summed E-state index contributed by atoms with van der Waals surface area (Å²) in [5, 5.41) is 0. The van der Waals surface area contributed by atoms with Gasteiger partial charge in [0.15, 0.2) is 0 Å². The molecule has 0 aliphatic rings. The number of rotatable bonds is 31. The van der Waals surface area contributed by atoms with Crippen LogP contribution >= 0.6 is 0 Å². The Hall–Kier alpha value is -2.74. The van der Waals surface area contributed by atoms with E-state index < -0.39 is 5.60 Å². The zero-order valence-corrected chi connectivity index (χ0v) is 28.5. The molecule has 0 atom stereocenters. The van der Waals surface area contributed by atoms with Crippen LogP contribution in [0.15, 0.2) is 91.0 Å². The van der Waals surface area contributed by atoms with Gasteiger partial charge in [0.2, 0.25) is 0 Å². The van der Waals surface area contributed by atoms with E-state index in [1.165, 1.54) is 0 Å². The summed E-state index contributed by atoms with van der Waals surface area (Å²) < 4.78 is 55.9. The van der Waals surface area contributed by atoms with Gasteiger partial charge in [-0.15, -0.1) is 0 Å². The van der Waals surface area contributed by atoms with Gasteiger partial charge in [0.05, 0.1) is 119 Å². The van der Waals surface area contributed by atoms with Crippen molar-refractivity contribution in [1.29, 1.82) is 0 Å². The van der Waals surface area contributed by atoms with Crippen molar-refractivity contribution in [1.82, 2.24) is 0 Å². The van der Waals surface area contributed by atoms with Crippen LogP contribution in [-0.2, 0) is 53.0 Å². The molecule has 3 aromatic rings. The second-order valence-electron chi connectivity index (χ2n) is 10.5. The molecule has 48 heavy (non-hydrogen) atoms. The van der Waals surface area contributed by atoms with Crippen LogP contribution in [0, 0.1) is 0 Å². The molecule has 0 bridgehead atoms. The van der Waals surface area contributed by atoms with Crippen molar-refractivity contribution in [3.8, 4) is 0 Å². The molecule has 0 aliphatic heterocycles. The topological polar surface area (TPSA) is 92.3 Å². The molecular weight excluding hydrogens is 616 g/mol. The second-order valence-corrected chi connectivity index (χ2v) is 10.5. The molecule has 3 aromatic carbocycles. The minimum Gasteiger partial charge on any atom is -0.382 e. The first-order valence-corrected chi connectivity index (χ1v) is 16.8. The third-order valence-electron chi connectivity index (χ3n) is 7.12. The molecule has 0 aromatic heterocycles. The Labute approximate surface area is 286 Å². The Morgan fingerprint density at radius 1 is 0.312 bits per heavy atom. The molecule has 0 fully saturated rings. The maximum atomic E-state index is 6.72. The molecule has 0 radical (unpaired) electrons. The molecule has 0 unspecified atom stereocenters. The largest absolute Gasteiger partial charge is 0.382 e. The van der Waals surface area contributed by atoms with Crippen LogP contribution in [0.3, 0.4) is 0 Å². The molecule has 0 heterocycles. The van der Waals surface area contributed by atoms with Crippen LogP contribution in [0.4, 0.5) is 0 Å². The van der Waals surface area contributed by atoms with Crippen molar-refractivity contribution in [3.05, 3.63) is 108 Å². The van der Waals surface area contributed by atoms with Gasteiger partial charge in [0.25, 0.3) is 0 Å². The highest BCUT2D eigenvalue weighted by Crippen LogP contribution is 2.40.